The summed E-state index contributed by atoms with van der Waals surface area (Å²) in [6.07, 6.45) is 2.02. The van der Waals surface area contributed by atoms with Crippen LogP contribution in [0.4, 0.5) is 10.1 Å². The summed E-state index contributed by atoms with van der Waals surface area (Å²) in [5.74, 6) is -0.998. The second-order valence-corrected chi connectivity index (χ2v) is 9.48. The van der Waals surface area contributed by atoms with Gasteiger partial charge in [0, 0.05) is 40.6 Å². The number of halogens is 1. The molecule has 1 aliphatic heterocycles. The van der Waals surface area contributed by atoms with Crippen LogP contribution >= 0.6 is 0 Å². The second kappa shape index (κ2) is 9.94. The minimum Gasteiger partial charge on any atom is -0.362 e. The largest absolute Gasteiger partial charge is 0.362 e. The molecule has 0 radical (unpaired) electrons. The molecule has 0 saturated heterocycles. The van der Waals surface area contributed by atoms with Crippen molar-refractivity contribution in [3.05, 3.63) is 124 Å². The highest BCUT2D eigenvalue weighted by atomic mass is 19.1. The average Bonchev–Trinajstić information content (AvgIpc) is 2.89. The van der Waals surface area contributed by atoms with Gasteiger partial charge < -0.3 is 10.6 Å². The van der Waals surface area contributed by atoms with E-state index in [4.69, 9.17) is 0 Å². The lowest BCUT2D eigenvalue weighted by Gasteiger charge is -2.37. The summed E-state index contributed by atoms with van der Waals surface area (Å²) in [4.78, 5) is 27.3. The van der Waals surface area contributed by atoms with Gasteiger partial charge in [-0.15, -0.1) is 0 Å². The molecule has 3 aromatic carbocycles. The van der Waals surface area contributed by atoms with Crippen molar-refractivity contribution in [3.8, 4) is 0 Å². The summed E-state index contributed by atoms with van der Waals surface area (Å²) < 4.78 is 13.4. The minimum absolute atomic E-state index is 0.0572. The molecule has 3 aromatic rings. The summed E-state index contributed by atoms with van der Waals surface area (Å²) in [5, 5.41) is 6.31. The third kappa shape index (κ3) is 4.61. The molecule has 2 N–H and O–H groups in total. The highest BCUT2D eigenvalue weighted by Gasteiger charge is 2.40. The van der Waals surface area contributed by atoms with Crippen LogP contribution in [0.1, 0.15) is 55.2 Å². The van der Waals surface area contributed by atoms with Gasteiger partial charge in [0.15, 0.2) is 5.78 Å². The van der Waals surface area contributed by atoms with Crippen LogP contribution in [0.2, 0.25) is 0 Å². The SMILES string of the molecule is CCc1ccc([C@H]2C(C(=O)Nc3ccc(F)cc3)=C(C)NC3=C2C(=O)C[C@@H](c2ccccc2)C3)cc1. The van der Waals surface area contributed by atoms with Crippen molar-refractivity contribution >= 4 is 17.4 Å². The Morgan fingerprint density at radius 2 is 1.64 bits per heavy atom. The van der Waals surface area contributed by atoms with Crippen LogP contribution in [0.15, 0.2) is 101 Å². The van der Waals surface area contributed by atoms with Gasteiger partial charge in [-0.1, -0.05) is 61.5 Å². The van der Waals surface area contributed by atoms with E-state index in [9.17, 15) is 14.0 Å². The molecule has 4 nitrogen and oxygen atoms in total. The monoisotopic (exact) mass is 480 g/mol. The fraction of sp³-hybridized carbons (Fsp3) is 0.226. The van der Waals surface area contributed by atoms with E-state index in [2.05, 4.69) is 41.8 Å². The number of anilines is 1. The molecule has 0 fully saturated rings. The van der Waals surface area contributed by atoms with Gasteiger partial charge in [0.05, 0.1) is 0 Å². The molecule has 2 aliphatic rings. The number of carbonyl (C=O) groups excluding carboxylic acids is 2. The van der Waals surface area contributed by atoms with Crippen molar-refractivity contribution in [2.24, 2.45) is 0 Å². The first kappa shape index (κ1) is 23.7. The van der Waals surface area contributed by atoms with Crippen LogP contribution in [0.3, 0.4) is 0 Å². The van der Waals surface area contributed by atoms with Gasteiger partial charge in [-0.3, -0.25) is 9.59 Å². The Balaban J connectivity index is 1.55. The van der Waals surface area contributed by atoms with Crippen LogP contribution in [0.5, 0.6) is 0 Å². The third-order valence-electron chi connectivity index (χ3n) is 7.17. The number of aryl methyl sites for hydroxylation is 1. The lowest BCUT2D eigenvalue weighted by atomic mass is 9.71. The lowest BCUT2D eigenvalue weighted by molar-refractivity contribution is -0.116. The third-order valence-corrected chi connectivity index (χ3v) is 7.17. The number of allylic oxidation sites excluding steroid dienone is 3. The van der Waals surface area contributed by atoms with Crippen LogP contribution in [0, 0.1) is 5.82 Å². The quantitative estimate of drug-likeness (QED) is 0.445. The van der Waals surface area contributed by atoms with Crippen molar-refractivity contribution in [3.63, 3.8) is 0 Å². The number of hydrogen-bond acceptors (Lipinski definition) is 3. The highest BCUT2D eigenvalue weighted by molar-refractivity contribution is 6.10. The lowest BCUT2D eigenvalue weighted by Crippen LogP contribution is -2.37. The number of dihydropyridines is 1. The Hall–Kier alpha value is -3.99. The molecular weight excluding hydrogens is 451 g/mol. The van der Waals surface area contributed by atoms with E-state index in [1.54, 1.807) is 0 Å². The number of amides is 1. The van der Waals surface area contributed by atoms with E-state index in [1.807, 2.05) is 37.3 Å². The molecule has 0 unspecified atom stereocenters. The van der Waals surface area contributed by atoms with Gasteiger partial charge in [-0.2, -0.15) is 0 Å². The minimum atomic E-state index is -0.475. The Labute approximate surface area is 210 Å². The van der Waals surface area contributed by atoms with Crippen molar-refractivity contribution in [2.75, 3.05) is 5.32 Å². The van der Waals surface area contributed by atoms with Gasteiger partial charge in [-0.05, 0) is 66.6 Å². The molecule has 0 spiro atoms. The van der Waals surface area contributed by atoms with Crippen molar-refractivity contribution < 1.29 is 14.0 Å². The van der Waals surface area contributed by atoms with Crippen molar-refractivity contribution in [1.29, 1.82) is 0 Å². The smallest absolute Gasteiger partial charge is 0.254 e. The fourth-order valence-electron chi connectivity index (χ4n) is 5.31. The van der Waals surface area contributed by atoms with E-state index in [0.29, 0.717) is 29.7 Å². The maximum Gasteiger partial charge on any atom is 0.254 e. The van der Waals surface area contributed by atoms with E-state index in [0.717, 1.165) is 28.9 Å². The number of rotatable bonds is 5. The van der Waals surface area contributed by atoms with E-state index >= 15 is 0 Å². The molecule has 1 heterocycles. The number of carbonyl (C=O) groups is 2. The number of Topliss-reactive ketones (excluding diaryl/α,β-unsaturated/α-hetero) is 1. The van der Waals surface area contributed by atoms with Crippen LogP contribution < -0.4 is 10.6 Å². The molecule has 1 amide bonds. The Morgan fingerprint density at radius 3 is 2.31 bits per heavy atom. The van der Waals surface area contributed by atoms with Crippen molar-refractivity contribution in [1.82, 2.24) is 5.32 Å². The zero-order valence-corrected chi connectivity index (χ0v) is 20.5. The number of ketones is 1. The fourth-order valence-corrected chi connectivity index (χ4v) is 5.31. The topological polar surface area (TPSA) is 58.2 Å². The number of nitrogens with one attached hydrogen (secondary N) is 2. The van der Waals surface area contributed by atoms with Gasteiger partial charge in [-0.25, -0.2) is 4.39 Å². The summed E-state index contributed by atoms with van der Waals surface area (Å²) in [7, 11) is 0. The Kier molecular flexibility index (Phi) is 6.55. The van der Waals surface area contributed by atoms with Gasteiger partial charge in [0.1, 0.15) is 5.82 Å². The molecule has 1 aliphatic carbocycles. The summed E-state index contributed by atoms with van der Waals surface area (Å²) in [6.45, 7) is 3.98. The van der Waals surface area contributed by atoms with E-state index in [-0.39, 0.29) is 23.4 Å². The van der Waals surface area contributed by atoms with Crippen LogP contribution in [-0.4, -0.2) is 11.7 Å². The highest BCUT2D eigenvalue weighted by Crippen LogP contribution is 2.45. The Bertz CT molecular complexity index is 1360. The normalized spacial score (nSPS) is 19.6. The maximum absolute atomic E-state index is 13.7. The van der Waals surface area contributed by atoms with E-state index in [1.165, 1.54) is 29.8 Å². The van der Waals surface area contributed by atoms with Gasteiger partial charge in [0.25, 0.3) is 5.91 Å². The van der Waals surface area contributed by atoms with Crippen LogP contribution in [0.25, 0.3) is 0 Å². The first-order valence-electron chi connectivity index (χ1n) is 12.4. The zero-order valence-electron chi connectivity index (χ0n) is 20.5. The van der Waals surface area contributed by atoms with E-state index < -0.39 is 5.92 Å². The number of hydrogen-bond donors (Lipinski definition) is 2. The molecule has 5 heteroatoms. The molecular formula is C31H29FN2O2. The molecule has 5 rings (SSSR count). The second-order valence-electron chi connectivity index (χ2n) is 9.48. The standard InChI is InChI=1S/C31H29FN2O2/c1-3-20-9-11-22(12-10-20)29-28(31(36)34-25-15-13-24(32)14-16-25)19(2)33-26-17-23(18-27(35)30(26)29)21-7-5-4-6-8-21/h4-16,23,29,33H,3,17-18H2,1-2H3,(H,34,36)/t23-,29-/m0/s1. The molecule has 0 aromatic heterocycles. The molecule has 2 atom stereocenters. The van der Waals surface area contributed by atoms with Crippen LogP contribution in [-0.2, 0) is 16.0 Å². The van der Waals surface area contributed by atoms with Gasteiger partial charge >= 0.3 is 0 Å². The first-order chi connectivity index (χ1) is 17.4. The zero-order chi connectivity index (χ0) is 25.2. The first-order valence-corrected chi connectivity index (χ1v) is 12.4. The van der Waals surface area contributed by atoms with Crippen molar-refractivity contribution in [2.45, 2.75) is 44.9 Å². The van der Waals surface area contributed by atoms with Gasteiger partial charge in [0.2, 0.25) is 0 Å². The molecule has 0 saturated carbocycles. The summed E-state index contributed by atoms with van der Waals surface area (Å²) in [5.41, 5.74) is 6.54. The molecule has 36 heavy (non-hydrogen) atoms. The molecule has 0 bridgehead atoms. The Morgan fingerprint density at radius 1 is 0.944 bits per heavy atom. The number of benzene rings is 3. The summed E-state index contributed by atoms with van der Waals surface area (Å²) in [6, 6.07) is 24.0. The summed E-state index contributed by atoms with van der Waals surface area (Å²) >= 11 is 0. The average molecular weight is 481 g/mol. The molecule has 182 valence electrons. The maximum atomic E-state index is 13.7. The predicted molar refractivity (Wildman–Crippen MR) is 140 cm³/mol. The predicted octanol–water partition coefficient (Wildman–Crippen LogP) is 6.39.